The van der Waals surface area contributed by atoms with Gasteiger partial charge in [0.05, 0.1) is 7.11 Å². The number of carbonyl (C=O) groups is 3. The van der Waals surface area contributed by atoms with Gasteiger partial charge in [-0.15, -0.1) is 0 Å². The van der Waals surface area contributed by atoms with Crippen molar-refractivity contribution in [3.63, 3.8) is 0 Å². The average Bonchev–Trinajstić information content (AvgIpc) is 2.75. The fraction of sp³-hybridized carbons (Fsp3) is 0.500. The molecule has 2 aliphatic rings. The summed E-state index contributed by atoms with van der Waals surface area (Å²) in [5.41, 5.74) is -0.879. The monoisotopic (exact) mass is 209 g/mol. The van der Waals surface area contributed by atoms with E-state index in [0.29, 0.717) is 12.8 Å². The number of hydrogen-bond acceptors (Lipinski definition) is 4. The Morgan fingerprint density at radius 2 is 2.07 bits per heavy atom. The maximum Gasteiger partial charge on any atom is 0.326 e. The number of ketones is 1. The van der Waals surface area contributed by atoms with Gasteiger partial charge < -0.3 is 10.1 Å². The van der Waals surface area contributed by atoms with Crippen LogP contribution in [0.5, 0.6) is 0 Å². The number of amides is 1. The summed E-state index contributed by atoms with van der Waals surface area (Å²) in [6, 6.07) is 0. The van der Waals surface area contributed by atoms with E-state index in [1.165, 1.54) is 7.11 Å². The van der Waals surface area contributed by atoms with E-state index in [4.69, 9.17) is 0 Å². The number of Topliss-reactive ketones (excluding diaryl/α,β-unsaturated/α-hetero) is 1. The lowest BCUT2D eigenvalue weighted by molar-refractivity contribution is -0.151. The molecule has 0 aromatic heterocycles. The molecule has 80 valence electrons. The van der Waals surface area contributed by atoms with E-state index in [-0.39, 0.29) is 5.78 Å². The molecule has 2 rings (SSSR count). The van der Waals surface area contributed by atoms with E-state index < -0.39 is 23.3 Å². The minimum Gasteiger partial charge on any atom is -0.468 e. The molecular formula is C10H11NO4. The summed E-state index contributed by atoms with van der Waals surface area (Å²) in [6.07, 6.45) is 4.59. The smallest absolute Gasteiger partial charge is 0.326 e. The zero-order valence-electron chi connectivity index (χ0n) is 8.28. The first kappa shape index (κ1) is 9.89. The van der Waals surface area contributed by atoms with Crippen molar-refractivity contribution in [3.8, 4) is 0 Å². The van der Waals surface area contributed by atoms with Crippen LogP contribution in [0.3, 0.4) is 0 Å². The first-order valence-electron chi connectivity index (χ1n) is 4.70. The highest BCUT2D eigenvalue weighted by atomic mass is 16.5. The summed E-state index contributed by atoms with van der Waals surface area (Å²) >= 11 is 0. The lowest BCUT2D eigenvalue weighted by atomic mass is 9.89. The second-order valence-electron chi connectivity index (χ2n) is 3.77. The quantitative estimate of drug-likeness (QED) is 0.361. The highest BCUT2D eigenvalue weighted by Crippen LogP contribution is 2.33. The van der Waals surface area contributed by atoms with Crippen LogP contribution >= 0.6 is 0 Å². The molecule has 5 nitrogen and oxygen atoms in total. The third kappa shape index (κ3) is 1.26. The molecule has 0 bridgehead atoms. The molecule has 0 aromatic rings. The minimum atomic E-state index is -1.28. The Hall–Kier alpha value is -1.65. The van der Waals surface area contributed by atoms with E-state index in [9.17, 15) is 14.4 Å². The lowest BCUT2D eigenvalue weighted by Crippen LogP contribution is -2.44. The fourth-order valence-electron chi connectivity index (χ4n) is 2.05. The van der Waals surface area contributed by atoms with E-state index in [1.807, 2.05) is 12.2 Å². The van der Waals surface area contributed by atoms with Gasteiger partial charge in [0, 0.05) is 0 Å². The van der Waals surface area contributed by atoms with Crippen LogP contribution in [0.4, 0.5) is 0 Å². The van der Waals surface area contributed by atoms with Crippen LogP contribution in [0.2, 0.25) is 0 Å². The second-order valence-corrected chi connectivity index (χ2v) is 3.77. The third-order valence-corrected chi connectivity index (χ3v) is 2.89. The molecule has 1 N–H and O–H groups in total. The third-order valence-electron chi connectivity index (χ3n) is 2.89. The highest BCUT2D eigenvalue weighted by Gasteiger charge is 2.55. The topological polar surface area (TPSA) is 72.5 Å². The molecule has 1 unspecified atom stereocenters. The summed E-state index contributed by atoms with van der Waals surface area (Å²) < 4.78 is 4.44. The van der Waals surface area contributed by atoms with Gasteiger partial charge in [0.25, 0.3) is 0 Å². The van der Waals surface area contributed by atoms with Crippen molar-refractivity contribution in [2.24, 2.45) is 5.92 Å². The van der Waals surface area contributed by atoms with E-state index in [2.05, 4.69) is 10.1 Å². The van der Waals surface area contributed by atoms with Crippen LogP contribution in [0, 0.1) is 5.92 Å². The Morgan fingerprint density at radius 1 is 1.47 bits per heavy atom. The molecule has 1 atom stereocenters. The number of methoxy groups -OCH3 is 1. The molecule has 1 spiro atoms. The molecule has 1 aliphatic heterocycles. The number of hydrogen-bond donors (Lipinski definition) is 1. The van der Waals surface area contributed by atoms with Gasteiger partial charge in [0.1, 0.15) is 5.54 Å². The number of carbonyl (C=O) groups excluding carboxylic acids is 3. The number of nitrogens with one attached hydrogen (secondary N) is 1. The maximum atomic E-state index is 11.9. The Bertz CT molecular complexity index is 364. The van der Waals surface area contributed by atoms with Crippen LogP contribution in [0.25, 0.3) is 0 Å². The molecule has 0 saturated carbocycles. The molecule has 0 aromatic carbocycles. The van der Waals surface area contributed by atoms with Crippen molar-refractivity contribution in [1.29, 1.82) is 0 Å². The molecule has 0 radical (unpaired) electrons. The molecule has 1 aliphatic carbocycles. The molecular weight excluding hydrogens is 198 g/mol. The van der Waals surface area contributed by atoms with Crippen LogP contribution in [0.1, 0.15) is 12.8 Å². The van der Waals surface area contributed by atoms with Gasteiger partial charge in [-0.1, -0.05) is 12.2 Å². The Morgan fingerprint density at radius 3 is 2.60 bits per heavy atom. The summed E-state index contributed by atoms with van der Waals surface area (Å²) in [5.74, 6) is -2.98. The molecule has 1 heterocycles. The molecule has 15 heavy (non-hydrogen) atoms. The first-order chi connectivity index (χ1) is 7.10. The highest BCUT2D eigenvalue weighted by molar-refractivity contribution is 6.24. The van der Waals surface area contributed by atoms with Crippen molar-refractivity contribution in [3.05, 3.63) is 12.2 Å². The zero-order valence-corrected chi connectivity index (χ0v) is 8.28. The SMILES string of the molecule is COC(=O)C1C(=O)NC2(CC=CC2)C1=O. The van der Waals surface area contributed by atoms with Crippen molar-refractivity contribution in [2.75, 3.05) is 7.11 Å². The number of ether oxygens (including phenoxy) is 1. The summed E-state index contributed by atoms with van der Waals surface area (Å²) in [5, 5.41) is 2.59. The predicted molar refractivity (Wildman–Crippen MR) is 49.8 cm³/mol. The second kappa shape index (κ2) is 3.18. The summed E-state index contributed by atoms with van der Waals surface area (Å²) in [7, 11) is 1.17. The van der Waals surface area contributed by atoms with Gasteiger partial charge in [-0.2, -0.15) is 0 Å². The Kier molecular flexibility index (Phi) is 2.10. The lowest BCUT2D eigenvalue weighted by Gasteiger charge is -2.20. The Labute approximate surface area is 86.5 Å². The van der Waals surface area contributed by atoms with Crippen molar-refractivity contribution >= 4 is 17.7 Å². The molecule has 1 saturated heterocycles. The molecule has 1 amide bonds. The van der Waals surface area contributed by atoms with E-state index in [1.54, 1.807) is 0 Å². The van der Waals surface area contributed by atoms with Crippen LogP contribution in [0.15, 0.2) is 12.2 Å². The fourth-order valence-corrected chi connectivity index (χ4v) is 2.05. The van der Waals surface area contributed by atoms with Gasteiger partial charge in [0.2, 0.25) is 5.91 Å². The van der Waals surface area contributed by atoms with Gasteiger partial charge in [0.15, 0.2) is 11.7 Å². The van der Waals surface area contributed by atoms with Gasteiger partial charge in [-0.3, -0.25) is 14.4 Å². The van der Waals surface area contributed by atoms with Crippen LogP contribution in [-0.4, -0.2) is 30.3 Å². The summed E-state index contributed by atoms with van der Waals surface area (Å²) in [6.45, 7) is 0. The van der Waals surface area contributed by atoms with Crippen molar-refractivity contribution < 1.29 is 19.1 Å². The van der Waals surface area contributed by atoms with Crippen LogP contribution in [-0.2, 0) is 19.1 Å². The molecule has 5 heteroatoms. The van der Waals surface area contributed by atoms with Gasteiger partial charge >= 0.3 is 5.97 Å². The number of esters is 1. The zero-order chi connectivity index (χ0) is 11.1. The first-order valence-corrected chi connectivity index (χ1v) is 4.70. The van der Waals surface area contributed by atoms with Gasteiger partial charge in [-0.05, 0) is 12.8 Å². The largest absolute Gasteiger partial charge is 0.468 e. The number of rotatable bonds is 1. The van der Waals surface area contributed by atoms with Crippen molar-refractivity contribution in [1.82, 2.24) is 5.32 Å². The van der Waals surface area contributed by atoms with Crippen LogP contribution < -0.4 is 5.32 Å². The van der Waals surface area contributed by atoms with E-state index >= 15 is 0 Å². The average molecular weight is 209 g/mol. The normalized spacial score (nSPS) is 27.1. The maximum absolute atomic E-state index is 11.9. The van der Waals surface area contributed by atoms with Gasteiger partial charge in [-0.25, -0.2) is 0 Å². The van der Waals surface area contributed by atoms with E-state index in [0.717, 1.165) is 0 Å². The molecule has 1 fully saturated rings. The standard InChI is InChI=1S/C10H11NO4/c1-15-9(14)6-7(12)10(11-8(6)13)4-2-3-5-10/h2-3,6H,4-5H2,1H3,(H,11,13). The van der Waals surface area contributed by atoms with Crippen molar-refractivity contribution in [2.45, 2.75) is 18.4 Å². The predicted octanol–water partition coefficient (Wildman–Crippen LogP) is -0.437. The minimum absolute atomic E-state index is 0.371. The summed E-state index contributed by atoms with van der Waals surface area (Å²) in [4.78, 5) is 34.7. The Balaban J connectivity index is 2.27.